The van der Waals surface area contributed by atoms with Crippen molar-refractivity contribution in [2.24, 2.45) is 11.5 Å². The maximum Gasteiger partial charge on any atom is 0.0483 e. The third-order valence-corrected chi connectivity index (χ3v) is 3.50. The molecule has 0 heterocycles. The van der Waals surface area contributed by atoms with E-state index in [4.69, 9.17) is 11.5 Å². The molecular weight excluding hydrogens is 184 g/mol. The van der Waals surface area contributed by atoms with Crippen LogP contribution in [0.2, 0.25) is 0 Å². The second-order valence-electron chi connectivity index (χ2n) is 5.02. The highest BCUT2D eigenvalue weighted by Gasteiger charge is 2.45. The summed E-state index contributed by atoms with van der Waals surface area (Å²) in [6.07, 6.45) is 2.11. The summed E-state index contributed by atoms with van der Waals surface area (Å²) in [6, 6.07) is 4.38. The van der Waals surface area contributed by atoms with E-state index in [9.17, 15) is 0 Å². The molecule has 1 unspecified atom stereocenters. The molecule has 0 saturated heterocycles. The minimum absolute atomic E-state index is 0.00176. The van der Waals surface area contributed by atoms with Gasteiger partial charge >= 0.3 is 0 Å². The van der Waals surface area contributed by atoms with Gasteiger partial charge in [0.05, 0.1) is 0 Å². The normalized spacial score (nSPS) is 20.1. The second-order valence-corrected chi connectivity index (χ2v) is 5.02. The third-order valence-electron chi connectivity index (χ3n) is 3.50. The van der Waals surface area contributed by atoms with Crippen LogP contribution in [0.5, 0.6) is 0 Å². The van der Waals surface area contributed by atoms with Crippen LogP contribution in [0.25, 0.3) is 0 Å². The van der Waals surface area contributed by atoms with E-state index in [-0.39, 0.29) is 11.6 Å². The summed E-state index contributed by atoms with van der Waals surface area (Å²) >= 11 is 0. The van der Waals surface area contributed by atoms with Gasteiger partial charge in [-0.05, 0) is 50.3 Å². The van der Waals surface area contributed by atoms with Crippen LogP contribution in [-0.2, 0) is 0 Å². The summed E-state index contributed by atoms with van der Waals surface area (Å²) in [5, 5.41) is 0. The first-order chi connectivity index (χ1) is 6.94. The molecule has 0 amide bonds. The van der Waals surface area contributed by atoms with Gasteiger partial charge in [-0.15, -0.1) is 0 Å². The van der Waals surface area contributed by atoms with E-state index >= 15 is 0 Å². The van der Waals surface area contributed by atoms with E-state index in [0.717, 1.165) is 12.8 Å². The van der Waals surface area contributed by atoms with Crippen molar-refractivity contribution in [2.75, 3.05) is 0 Å². The van der Waals surface area contributed by atoms with Crippen LogP contribution in [0.1, 0.15) is 41.1 Å². The standard InChI is InChI=1S/C13H20N2/c1-8-6-9(2)11(10(3)7-8)12(14)13(15)4-5-13/h6-7,12H,4-5,14-15H2,1-3H3. The van der Waals surface area contributed by atoms with Crippen LogP contribution >= 0.6 is 0 Å². The van der Waals surface area contributed by atoms with E-state index in [1.165, 1.54) is 22.3 Å². The summed E-state index contributed by atoms with van der Waals surface area (Å²) in [6.45, 7) is 6.37. The monoisotopic (exact) mass is 204 g/mol. The Labute approximate surface area is 91.7 Å². The zero-order valence-corrected chi connectivity index (χ0v) is 9.80. The Morgan fingerprint density at radius 2 is 1.60 bits per heavy atom. The largest absolute Gasteiger partial charge is 0.323 e. The van der Waals surface area contributed by atoms with E-state index in [1.54, 1.807) is 0 Å². The number of benzene rings is 1. The lowest BCUT2D eigenvalue weighted by Gasteiger charge is -2.23. The molecule has 1 aliphatic rings. The summed E-state index contributed by atoms with van der Waals surface area (Å²) < 4.78 is 0. The predicted molar refractivity (Wildman–Crippen MR) is 63.7 cm³/mol. The van der Waals surface area contributed by atoms with Crippen LogP contribution in [0.15, 0.2) is 12.1 Å². The average Bonchev–Trinajstić information content (AvgIpc) is 2.82. The Morgan fingerprint density at radius 3 is 2.00 bits per heavy atom. The summed E-state index contributed by atoms with van der Waals surface area (Å²) in [5.41, 5.74) is 17.4. The Bertz CT molecular complexity index is 369. The van der Waals surface area contributed by atoms with Gasteiger partial charge in [-0.1, -0.05) is 17.7 Å². The van der Waals surface area contributed by atoms with Crippen molar-refractivity contribution in [3.8, 4) is 0 Å². The highest BCUT2D eigenvalue weighted by molar-refractivity contribution is 5.42. The minimum Gasteiger partial charge on any atom is -0.323 e. The molecule has 1 fully saturated rings. The van der Waals surface area contributed by atoms with Crippen molar-refractivity contribution >= 4 is 0 Å². The zero-order valence-electron chi connectivity index (χ0n) is 9.80. The van der Waals surface area contributed by atoms with Crippen LogP contribution < -0.4 is 11.5 Å². The fourth-order valence-electron chi connectivity index (χ4n) is 2.42. The van der Waals surface area contributed by atoms with Gasteiger partial charge in [-0.25, -0.2) is 0 Å². The van der Waals surface area contributed by atoms with Crippen molar-refractivity contribution in [1.29, 1.82) is 0 Å². The van der Waals surface area contributed by atoms with Crippen LogP contribution in [0.3, 0.4) is 0 Å². The van der Waals surface area contributed by atoms with Crippen LogP contribution in [0.4, 0.5) is 0 Å². The Balaban J connectivity index is 2.43. The van der Waals surface area contributed by atoms with Crippen LogP contribution in [-0.4, -0.2) is 5.54 Å². The Morgan fingerprint density at radius 1 is 1.13 bits per heavy atom. The molecule has 1 aromatic rings. The minimum atomic E-state index is -0.134. The molecular formula is C13H20N2. The molecule has 2 heteroatoms. The van der Waals surface area contributed by atoms with Gasteiger partial charge in [0.1, 0.15) is 0 Å². The second kappa shape index (κ2) is 3.32. The van der Waals surface area contributed by atoms with E-state index in [0.29, 0.717) is 0 Å². The summed E-state index contributed by atoms with van der Waals surface area (Å²) in [4.78, 5) is 0. The number of nitrogens with two attached hydrogens (primary N) is 2. The number of aryl methyl sites for hydroxylation is 3. The fourth-order valence-corrected chi connectivity index (χ4v) is 2.42. The molecule has 1 aliphatic carbocycles. The van der Waals surface area contributed by atoms with Crippen molar-refractivity contribution in [1.82, 2.24) is 0 Å². The average molecular weight is 204 g/mol. The molecule has 0 aliphatic heterocycles. The molecule has 0 radical (unpaired) electrons. The van der Waals surface area contributed by atoms with Gasteiger partial charge in [0.2, 0.25) is 0 Å². The van der Waals surface area contributed by atoms with Crippen molar-refractivity contribution < 1.29 is 0 Å². The van der Waals surface area contributed by atoms with Gasteiger partial charge in [-0.3, -0.25) is 0 Å². The molecule has 1 aromatic carbocycles. The summed E-state index contributed by atoms with van der Waals surface area (Å²) in [7, 11) is 0. The fraction of sp³-hybridized carbons (Fsp3) is 0.538. The molecule has 0 bridgehead atoms. The van der Waals surface area contributed by atoms with E-state index < -0.39 is 0 Å². The van der Waals surface area contributed by atoms with Crippen LogP contribution in [0, 0.1) is 20.8 Å². The zero-order chi connectivity index (χ0) is 11.2. The molecule has 2 rings (SSSR count). The predicted octanol–water partition coefficient (Wildman–Crippen LogP) is 2.10. The smallest absolute Gasteiger partial charge is 0.0483 e. The molecule has 2 nitrogen and oxygen atoms in total. The van der Waals surface area contributed by atoms with Crippen molar-refractivity contribution in [3.05, 3.63) is 34.4 Å². The molecule has 1 atom stereocenters. The van der Waals surface area contributed by atoms with Gasteiger partial charge in [0.25, 0.3) is 0 Å². The maximum atomic E-state index is 6.26. The molecule has 0 aromatic heterocycles. The molecule has 15 heavy (non-hydrogen) atoms. The number of hydrogen-bond acceptors (Lipinski definition) is 2. The van der Waals surface area contributed by atoms with Crippen molar-refractivity contribution in [3.63, 3.8) is 0 Å². The van der Waals surface area contributed by atoms with Gasteiger partial charge in [-0.2, -0.15) is 0 Å². The van der Waals surface area contributed by atoms with Gasteiger partial charge in [0.15, 0.2) is 0 Å². The Hall–Kier alpha value is -0.860. The highest BCUT2D eigenvalue weighted by Crippen LogP contribution is 2.43. The van der Waals surface area contributed by atoms with Crippen molar-refractivity contribution in [2.45, 2.75) is 45.2 Å². The lowest BCUT2D eigenvalue weighted by Crippen LogP contribution is -2.37. The first-order valence-electron chi connectivity index (χ1n) is 5.56. The quantitative estimate of drug-likeness (QED) is 0.775. The van der Waals surface area contributed by atoms with E-state index in [2.05, 4.69) is 32.9 Å². The SMILES string of the molecule is Cc1cc(C)c(C(N)C2(N)CC2)c(C)c1. The summed E-state index contributed by atoms with van der Waals surface area (Å²) in [5.74, 6) is 0. The third kappa shape index (κ3) is 1.80. The molecule has 82 valence electrons. The number of rotatable bonds is 2. The first-order valence-corrected chi connectivity index (χ1v) is 5.56. The lowest BCUT2D eigenvalue weighted by atomic mass is 9.90. The Kier molecular flexibility index (Phi) is 2.36. The maximum absolute atomic E-state index is 6.26. The molecule has 4 N–H and O–H groups in total. The van der Waals surface area contributed by atoms with E-state index in [1.807, 2.05) is 0 Å². The topological polar surface area (TPSA) is 52.0 Å². The van der Waals surface area contributed by atoms with Gasteiger partial charge < -0.3 is 11.5 Å². The lowest BCUT2D eigenvalue weighted by molar-refractivity contribution is 0.531. The number of hydrogen-bond donors (Lipinski definition) is 2. The van der Waals surface area contributed by atoms with Gasteiger partial charge in [0, 0.05) is 11.6 Å². The molecule has 1 saturated carbocycles. The highest BCUT2D eigenvalue weighted by atomic mass is 14.9. The first kappa shape index (κ1) is 10.7. The molecule has 0 spiro atoms.